The molecule has 2 amide bonds. The Hall–Kier alpha value is -2.24. The van der Waals surface area contributed by atoms with Crippen LogP contribution in [0.4, 0.5) is 5.69 Å². The molecule has 0 atom stereocenters. The van der Waals surface area contributed by atoms with Crippen molar-refractivity contribution in [2.75, 3.05) is 26.1 Å². The Morgan fingerprint density at radius 3 is 2.52 bits per heavy atom. The van der Waals surface area contributed by atoms with Crippen molar-refractivity contribution < 1.29 is 19.1 Å². The zero-order valence-corrected chi connectivity index (χ0v) is 13.7. The summed E-state index contributed by atoms with van der Waals surface area (Å²) in [5.41, 5.74) is 0.546. The van der Waals surface area contributed by atoms with Gasteiger partial charge in [-0.25, -0.2) is 0 Å². The zero-order chi connectivity index (χ0) is 16.7. The molecule has 1 aliphatic rings. The van der Waals surface area contributed by atoms with Gasteiger partial charge >= 0.3 is 0 Å². The maximum absolute atomic E-state index is 12.0. The van der Waals surface area contributed by atoms with Gasteiger partial charge in [-0.2, -0.15) is 0 Å². The van der Waals surface area contributed by atoms with Gasteiger partial charge in [-0.1, -0.05) is 19.3 Å². The third-order valence-electron chi connectivity index (χ3n) is 4.08. The van der Waals surface area contributed by atoms with Crippen molar-refractivity contribution in [3.05, 3.63) is 18.2 Å². The molecule has 0 bridgehead atoms. The van der Waals surface area contributed by atoms with Gasteiger partial charge in [0.05, 0.1) is 26.5 Å². The molecule has 1 aromatic carbocycles. The lowest BCUT2D eigenvalue weighted by molar-refractivity contribution is -0.128. The molecule has 0 unspecified atom stereocenters. The second kappa shape index (κ2) is 8.41. The van der Waals surface area contributed by atoms with E-state index < -0.39 is 0 Å². The fourth-order valence-electron chi connectivity index (χ4n) is 2.77. The number of carbonyl (C=O) groups is 2. The average Bonchev–Trinajstić information content (AvgIpc) is 2.60. The van der Waals surface area contributed by atoms with Crippen LogP contribution < -0.4 is 20.1 Å². The van der Waals surface area contributed by atoms with Crippen molar-refractivity contribution in [3.8, 4) is 11.5 Å². The lowest BCUT2D eigenvalue weighted by Gasteiger charge is -2.20. The molecule has 2 N–H and O–H groups in total. The number of anilines is 1. The van der Waals surface area contributed by atoms with E-state index in [2.05, 4.69) is 10.6 Å². The van der Waals surface area contributed by atoms with Crippen LogP contribution >= 0.6 is 0 Å². The van der Waals surface area contributed by atoms with Crippen LogP contribution in [-0.4, -0.2) is 32.6 Å². The Morgan fingerprint density at radius 1 is 1.13 bits per heavy atom. The number of hydrogen-bond acceptors (Lipinski definition) is 4. The molecular formula is C17H24N2O4. The molecular weight excluding hydrogens is 296 g/mol. The zero-order valence-electron chi connectivity index (χ0n) is 13.7. The molecule has 1 aliphatic carbocycles. The van der Waals surface area contributed by atoms with E-state index in [1.54, 1.807) is 25.3 Å². The molecule has 0 saturated heterocycles. The van der Waals surface area contributed by atoms with E-state index in [9.17, 15) is 9.59 Å². The summed E-state index contributed by atoms with van der Waals surface area (Å²) in [6, 6.07) is 5.13. The van der Waals surface area contributed by atoms with Gasteiger partial charge in [-0.15, -0.1) is 0 Å². The second-order valence-electron chi connectivity index (χ2n) is 5.67. The summed E-state index contributed by atoms with van der Waals surface area (Å²) < 4.78 is 10.3. The van der Waals surface area contributed by atoms with Crippen molar-refractivity contribution in [1.82, 2.24) is 5.32 Å². The molecule has 0 aromatic heterocycles. The fraction of sp³-hybridized carbons (Fsp3) is 0.529. The van der Waals surface area contributed by atoms with Crippen LogP contribution in [0.2, 0.25) is 0 Å². The number of amides is 2. The first-order valence-electron chi connectivity index (χ1n) is 7.93. The number of ether oxygens (including phenoxy) is 2. The van der Waals surface area contributed by atoms with Gasteiger partial charge in [-0.05, 0) is 25.0 Å². The van der Waals surface area contributed by atoms with Crippen molar-refractivity contribution in [2.45, 2.75) is 32.1 Å². The van der Waals surface area contributed by atoms with Gasteiger partial charge in [0.1, 0.15) is 11.5 Å². The van der Waals surface area contributed by atoms with E-state index in [-0.39, 0.29) is 24.3 Å². The van der Waals surface area contributed by atoms with Gasteiger partial charge in [0.25, 0.3) is 0 Å². The fourth-order valence-corrected chi connectivity index (χ4v) is 2.77. The molecule has 126 valence electrons. The number of rotatable bonds is 6. The minimum atomic E-state index is -0.280. The molecule has 0 heterocycles. The summed E-state index contributed by atoms with van der Waals surface area (Å²) in [5, 5.41) is 5.45. The minimum Gasteiger partial charge on any atom is -0.497 e. The molecule has 0 spiro atoms. The standard InChI is InChI=1S/C17H24N2O4/c1-22-13-8-9-14(15(10-13)23-2)19-16(20)11-18-17(21)12-6-4-3-5-7-12/h8-10,12H,3-7,11H2,1-2H3,(H,18,21)(H,19,20). The smallest absolute Gasteiger partial charge is 0.243 e. The van der Waals surface area contributed by atoms with E-state index in [4.69, 9.17) is 9.47 Å². The number of benzene rings is 1. The highest BCUT2D eigenvalue weighted by Crippen LogP contribution is 2.29. The Labute approximate surface area is 136 Å². The summed E-state index contributed by atoms with van der Waals surface area (Å²) >= 11 is 0. The van der Waals surface area contributed by atoms with Crippen molar-refractivity contribution in [1.29, 1.82) is 0 Å². The first-order valence-corrected chi connectivity index (χ1v) is 7.93. The van der Waals surface area contributed by atoms with Crippen molar-refractivity contribution in [2.24, 2.45) is 5.92 Å². The molecule has 1 fully saturated rings. The highest BCUT2D eigenvalue weighted by molar-refractivity contribution is 5.96. The van der Waals surface area contributed by atoms with Crippen LogP contribution in [0.3, 0.4) is 0 Å². The monoisotopic (exact) mass is 320 g/mol. The number of carbonyl (C=O) groups excluding carboxylic acids is 2. The molecule has 6 nitrogen and oxygen atoms in total. The van der Waals surface area contributed by atoms with Crippen LogP contribution in [0.5, 0.6) is 11.5 Å². The largest absolute Gasteiger partial charge is 0.497 e. The molecule has 0 radical (unpaired) electrons. The first-order chi connectivity index (χ1) is 11.1. The Morgan fingerprint density at radius 2 is 1.87 bits per heavy atom. The predicted molar refractivity (Wildman–Crippen MR) is 87.8 cm³/mol. The first kappa shape index (κ1) is 17.1. The predicted octanol–water partition coefficient (Wildman–Crippen LogP) is 2.34. The minimum absolute atomic E-state index is 0.0263. The van der Waals surface area contributed by atoms with Gasteiger partial charge in [-0.3, -0.25) is 9.59 Å². The SMILES string of the molecule is COc1ccc(NC(=O)CNC(=O)C2CCCCC2)c(OC)c1. The van der Waals surface area contributed by atoms with E-state index in [1.165, 1.54) is 13.5 Å². The summed E-state index contributed by atoms with van der Waals surface area (Å²) in [7, 11) is 3.09. The number of methoxy groups -OCH3 is 2. The van der Waals surface area contributed by atoms with Gasteiger partial charge < -0.3 is 20.1 Å². The molecule has 0 aliphatic heterocycles. The summed E-state index contributed by atoms with van der Waals surface area (Å²) in [5.74, 6) is 0.896. The summed E-state index contributed by atoms with van der Waals surface area (Å²) in [6.45, 7) is -0.0372. The molecule has 2 rings (SSSR count). The van der Waals surface area contributed by atoms with Crippen LogP contribution in [0.25, 0.3) is 0 Å². The van der Waals surface area contributed by atoms with E-state index in [0.29, 0.717) is 17.2 Å². The Balaban J connectivity index is 1.85. The lowest BCUT2D eigenvalue weighted by atomic mass is 9.89. The molecule has 1 aromatic rings. The normalized spacial score (nSPS) is 14.9. The van der Waals surface area contributed by atoms with Crippen LogP contribution in [0.1, 0.15) is 32.1 Å². The van der Waals surface area contributed by atoms with Gasteiger partial charge in [0.2, 0.25) is 11.8 Å². The topological polar surface area (TPSA) is 76.7 Å². The van der Waals surface area contributed by atoms with Crippen LogP contribution in [0.15, 0.2) is 18.2 Å². The van der Waals surface area contributed by atoms with E-state index in [0.717, 1.165) is 25.7 Å². The highest BCUT2D eigenvalue weighted by Gasteiger charge is 2.21. The van der Waals surface area contributed by atoms with Crippen molar-refractivity contribution in [3.63, 3.8) is 0 Å². The Bertz CT molecular complexity index is 554. The number of nitrogens with one attached hydrogen (secondary N) is 2. The van der Waals surface area contributed by atoms with Crippen LogP contribution in [-0.2, 0) is 9.59 Å². The highest BCUT2D eigenvalue weighted by atomic mass is 16.5. The number of hydrogen-bond donors (Lipinski definition) is 2. The third kappa shape index (κ3) is 4.87. The summed E-state index contributed by atoms with van der Waals surface area (Å²) in [4.78, 5) is 24.0. The van der Waals surface area contributed by atoms with Crippen LogP contribution in [0, 0.1) is 5.92 Å². The molecule has 1 saturated carbocycles. The Kier molecular flexibility index (Phi) is 6.26. The van der Waals surface area contributed by atoms with Gasteiger partial charge in [0.15, 0.2) is 0 Å². The second-order valence-corrected chi connectivity index (χ2v) is 5.67. The summed E-state index contributed by atoms with van der Waals surface area (Å²) in [6.07, 6.45) is 5.21. The maximum atomic E-state index is 12.0. The van der Waals surface area contributed by atoms with Gasteiger partial charge in [0, 0.05) is 12.0 Å². The maximum Gasteiger partial charge on any atom is 0.243 e. The van der Waals surface area contributed by atoms with E-state index in [1.807, 2.05) is 0 Å². The quantitative estimate of drug-likeness (QED) is 0.843. The van der Waals surface area contributed by atoms with Crippen molar-refractivity contribution >= 4 is 17.5 Å². The van der Waals surface area contributed by atoms with E-state index >= 15 is 0 Å². The third-order valence-corrected chi connectivity index (χ3v) is 4.08. The average molecular weight is 320 g/mol. The molecule has 23 heavy (non-hydrogen) atoms. The molecule has 6 heteroatoms. The lowest BCUT2D eigenvalue weighted by Crippen LogP contribution is -2.37.